The van der Waals surface area contributed by atoms with Crippen LogP contribution >= 0.6 is 0 Å². The van der Waals surface area contributed by atoms with Crippen LogP contribution in [-0.2, 0) is 0 Å². The number of aliphatic hydroxyl groups excluding tert-OH is 1. The van der Waals surface area contributed by atoms with Crippen LogP contribution in [-0.4, -0.2) is 17.2 Å². The molecule has 1 aromatic heterocycles. The molecule has 1 unspecified atom stereocenters. The molecule has 1 atom stereocenters. The Kier molecular flexibility index (Phi) is 3.63. The number of methoxy groups -OCH3 is 1. The largest absolute Gasteiger partial charge is 0.481 e. The van der Waals surface area contributed by atoms with E-state index in [1.807, 2.05) is 32.0 Å². The van der Waals surface area contributed by atoms with Gasteiger partial charge in [-0.15, -0.1) is 0 Å². The number of aryl methyl sites for hydroxylation is 2. The molecule has 0 saturated heterocycles. The molecule has 0 saturated carbocycles. The van der Waals surface area contributed by atoms with Crippen molar-refractivity contribution in [3.8, 4) is 5.88 Å². The predicted octanol–water partition coefficient (Wildman–Crippen LogP) is 2.79. The molecule has 1 N–H and O–H groups in total. The van der Waals surface area contributed by atoms with Crippen LogP contribution in [0.2, 0.25) is 0 Å². The first kappa shape index (κ1) is 12.6. The average Bonchev–Trinajstić information content (AvgIpc) is 2.38. The summed E-state index contributed by atoms with van der Waals surface area (Å²) < 4.78 is 5.00. The van der Waals surface area contributed by atoms with Crippen LogP contribution in [0.25, 0.3) is 0 Å². The molecule has 0 bridgehead atoms. The predicted molar refractivity (Wildman–Crippen MR) is 70.8 cm³/mol. The number of hydrogen-bond donors (Lipinski definition) is 1. The van der Waals surface area contributed by atoms with E-state index < -0.39 is 6.10 Å². The van der Waals surface area contributed by atoms with Crippen LogP contribution in [0.5, 0.6) is 5.88 Å². The first-order chi connectivity index (χ1) is 8.61. The van der Waals surface area contributed by atoms with E-state index in [1.165, 1.54) is 5.56 Å². The van der Waals surface area contributed by atoms with Crippen molar-refractivity contribution in [3.63, 3.8) is 0 Å². The quantitative estimate of drug-likeness (QED) is 0.901. The highest BCUT2D eigenvalue weighted by Crippen LogP contribution is 2.25. The number of hydrogen-bond acceptors (Lipinski definition) is 3. The van der Waals surface area contributed by atoms with Crippen LogP contribution in [0.4, 0.5) is 0 Å². The van der Waals surface area contributed by atoms with E-state index >= 15 is 0 Å². The Bertz CT molecular complexity index is 535. The summed E-state index contributed by atoms with van der Waals surface area (Å²) in [5.74, 6) is 0.548. The number of ether oxygens (including phenoxy) is 1. The van der Waals surface area contributed by atoms with Gasteiger partial charge in [-0.1, -0.05) is 23.8 Å². The van der Waals surface area contributed by atoms with Gasteiger partial charge in [-0.05, 0) is 31.0 Å². The van der Waals surface area contributed by atoms with Crippen molar-refractivity contribution < 1.29 is 9.84 Å². The normalized spacial score (nSPS) is 12.2. The summed E-state index contributed by atoms with van der Waals surface area (Å²) in [7, 11) is 1.57. The lowest BCUT2D eigenvalue weighted by Gasteiger charge is -2.14. The molecule has 2 aromatic rings. The SMILES string of the molecule is COc1ccc(C(O)c2ccc(C)cc2C)cn1. The van der Waals surface area contributed by atoms with Crippen molar-refractivity contribution in [1.29, 1.82) is 0 Å². The summed E-state index contributed by atoms with van der Waals surface area (Å²) in [5, 5.41) is 10.3. The topological polar surface area (TPSA) is 42.4 Å². The minimum absolute atomic E-state index is 0.548. The number of pyridine rings is 1. The van der Waals surface area contributed by atoms with Crippen LogP contribution in [0, 0.1) is 13.8 Å². The van der Waals surface area contributed by atoms with Crippen LogP contribution in [0.15, 0.2) is 36.5 Å². The fourth-order valence-electron chi connectivity index (χ4n) is 1.99. The lowest BCUT2D eigenvalue weighted by atomic mass is 9.97. The van der Waals surface area contributed by atoms with Crippen LogP contribution in [0.1, 0.15) is 28.4 Å². The summed E-state index contributed by atoms with van der Waals surface area (Å²) >= 11 is 0. The lowest BCUT2D eigenvalue weighted by molar-refractivity contribution is 0.219. The lowest BCUT2D eigenvalue weighted by Crippen LogP contribution is -2.03. The smallest absolute Gasteiger partial charge is 0.212 e. The molecule has 1 aromatic carbocycles. The Morgan fingerprint density at radius 3 is 2.50 bits per heavy atom. The van der Waals surface area contributed by atoms with Gasteiger partial charge in [-0.2, -0.15) is 0 Å². The summed E-state index contributed by atoms with van der Waals surface area (Å²) in [6, 6.07) is 9.61. The van der Waals surface area contributed by atoms with Crippen molar-refractivity contribution in [3.05, 3.63) is 58.8 Å². The molecule has 1 heterocycles. The molecule has 0 amide bonds. The van der Waals surface area contributed by atoms with E-state index in [9.17, 15) is 5.11 Å². The van der Waals surface area contributed by atoms with Gasteiger partial charge in [0.2, 0.25) is 5.88 Å². The molecule has 0 spiro atoms. The highest BCUT2D eigenvalue weighted by Gasteiger charge is 2.13. The van der Waals surface area contributed by atoms with Gasteiger partial charge in [-0.25, -0.2) is 4.98 Å². The van der Waals surface area contributed by atoms with Gasteiger partial charge in [0.15, 0.2) is 0 Å². The Morgan fingerprint density at radius 1 is 1.17 bits per heavy atom. The van der Waals surface area contributed by atoms with Crippen molar-refractivity contribution in [1.82, 2.24) is 4.98 Å². The zero-order valence-corrected chi connectivity index (χ0v) is 10.8. The van der Waals surface area contributed by atoms with E-state index in [0.717, 1.165) is 16.7 Å². The second kappa shape index (κ2) is 5.19. The second-order valence-electron chi connectivity index (χ2n) is 4.40. The molecule has 0 aliphatic rings. The summed E-state index contributed by atoms with van der Waals surface area (Å²) in [6.07, 6.45) is 0.993. The third-order valence-corrected chi connectivity index (χ3v) is 3.00. The van der Waals surface area contributed by atoms with E-state index in [4.69, 9.17) is 4.74 Å². The van der Waals surface area contributed by atoms with E-state index in [2.05, 4.69) is 11.1 Å². The van der Waals surface area contributed by atoms with Crippen molar-refractivity contribution in [2.45, 2.75) is 20.0 Å². The van der Waals surface area contributed by atoms with E-state index in [1.54, 1.807) is 19.4 Å². The maximum atomic E-state index is 10.3. The molecule has 94 valence electrons. The van der Waals surface area contributed by atoms with Crippen LogP contribution < -0.4 is 4.74 Å². The molecule has 3 heteroatoms. The molecule has 2 rings (SSSR count). The van der Waals surface area contributed by atoms with Gasteiger partial charge < -0.3 is 9.84 Å². The molecule has 0 aliphatic heterocycles. The minimum atomic E-state index is -0.649. The molecule has 0 aliphatic carbocycles. The van der Waals surface area contributed by atoms with Gasteiger partial charge in [0, 0.05) is 17.8 Å². The Hall–Kier alpha value is -1.87. The molecule has 0 radical (unpaired) electrons. The van der Waals surface area contributed by atoms with Crippen molar-refractivity contribution in [2.24, 2.45) is 0 Å². The van der Waals surface area contributed by atoms with Crippen molar-refractivity contribution >= 4 is 0 Å². The first-order valence-electron chi connectivity index (χ1n) is 5.87. The van der Waals surface area contributed by atoms with Gasteiger partial charge in [0.1, 0.15) is 6.10 Å². The maximum absolute atomic E-state index is 10.3. The minimum Gasteiger partial charge on any atom is -0.481 e. The van der Waals surface area contributed by atoms with Gasteiger partial charge >= 0.3 is 0 Å². The van der Waals surface area contributed by atoms with Gasteiger partial charge in [-0.3, -0.25) is 0 Å². The third-order valence-electron chi connectivity index (χ3n) is 3.00. The average molecular weight is 243 g/mol. The molecular formula is C15H17NO2. The summed E-state index contributed by atoms with van der Waals surface area (Å²) in [6.45, 7) is 4.04. The standard InChI is InChI=1S/C15H17NO2/c1-10-4-6-13(11(2)8-10)15(17)12-5-7-14(18-3)16-9-12/h4-9,15,17H,1-3H3. The number of benzene rings is 1. The van der Waals surface area contributed by atoms with E-state index in [-0.39, 0.29) is 0 Å². The van der Waals surface area contributed by atoms with Gasteiger partial charge in [0.05, 0.1) is 7.11 Å². The molecule has 3 nitrogen and oxygen atoms in total. The summed E-state index contributed by atoms with van der Waals surface area (Å²) in [5.41, 5.74) is 3.95. The van der Waals surface area contributed by atoms with Crippen molar-refractivity contribution in [2.75, 3.05) is 7.11 Å². The van der Waals surface area contributed by atoms with Crippen LogP contribution in [0.3, 0.4) is 0 Å². The summed E-state index contributed by atoms with van der Waals surface area (Å²) in [4.78, 5) is 4.11. The second-order valence-corrected chi connectivity index (χ2v) is 4.40. The zero-order valence-electron chi connectivity index (χ0n) is 10.8. The third kappa shape index (κ3) is 2.51. The number of aliphatic hydroxyl groups is 1. The monoisotopic (exact) mass is 243 g/mol. The first-order valence-corrected chi connectivity index (χ1v) is 5.87. The Balaban J connectivity index is 2.31. The fraction of sp³-hybridized carbons (Fsp3) is 0.267. The molecule has 0 fully saturated rings. The Morgan fingerprint density at radius 2 is 1.94 bits per heavy atom. The zero-order chi connectivity index (χ0) is 13.1. The maximum Gasteiger partial charge on any atom is 0.212 e. The number of rotatable bonds is 3. The highest BCUT2D eigenvalue weighted by atomic mass is 16.5. The highest BCUT2D eigenvalue weighted by molar-refractivity contribution is 5.37. The Labute approximate surface area is 107 Å². The molecule has 18 heavy (non-hydrogen) atoms. The fourth-order valence-corrected chi connectivity index (χ4v) is 1.99. The number of nitrogens with zero attached hydrogens (tertiary/aromatic N) is 1. The van der Waals surface area contributed by atoms with E-state index in [0.29, 0.717) is 5.88 Å². The molecular weight excluding hydrogens is 226 g/mol. The van der Waals surface area contributed by atoms with Gasteiger partial charge in [0.25, 0.3) is 0 Å². The number of aromatic nitrogens is 1.